The molecule has 0 atom stereocenters. The van der Waals surface area contributed by atoms with Gasteiger partial charge in [-0.2, -0.15) is 4.80 Å². The second kappa shape index (κ2) is 11.6. The molecule has 0 fully saturated rings. The largest absolute Gasteiger partial charge is 0.451 e. The lowest BCUT2D eigenvalue weighted by atomic mass is 10.1. The van der Waals surface area contributed by atoms with Crippen LogP contribution < -0.4 is 10.6 Å². The van der Waals surface area contributed by atoms with Crippen molar-refractivity contribution < 1.29 is 14.1 Å². The molecule has 0 saturated carbocycles. The number of non-ortho nitro benzene ring substituents is 1. The van der Waals surface area contributed by atoms with E-state index < -0.39 is 10.8 Å². The van der Waals surface area contributed by atoms with E-state index in [-0.39, 0.29) is 16.6 Å². The Bertz CT molecular complexity index is 1730. The first-order valence-electron chi connectivity index (χ1n) is 12.4. The van der Waals surface area contributed by atoms with Gasteiger partial charge in [-0.1, -0.05) is 49.2 Å². The highest BCUT2D eigenvalue weighted by molar-refractivity contribution is 7.80. The van der Waals surface area contributed by atoms with Gasteiger partial charge in [0.05, 0.1) is 21.3 Å². The van der Waals surface area contributed by atoms with E-state index in [1.54, 1.807) is 29.1 Å². The van der Waals surface area contributed by atoms with Crippen LogP contribution in [-0.2, 0) is 6.42 Å². The van der Waals surface area contributed by atoms with Crippen LogP contribution >= 0.6 is 23.8 Å². The Morgan fingerprint density at radius 1 is 1.07 bits per heavy atom. The van der Waals surface area contributed by atoms with E-state index in [4.69, 9.17) is 28.2 Å². The molecule has 5 aromatic rings. The van der Waals surface area contributed by atoms with E-state index >= 15 is 0 Å². The maximum Gasteiger partial charge on any atom is 0.293 e. The van der Waals surface area contributed by atoms with Crippen LogP contribution in [0, 0.1) is 10.1 Å². The number of nitrogens with zero attached hydrogens (tertiary/aromatic N) is 4. The highest BCUT2D eigenvalue weighted by Crippen LogP contribution is 2.28. The fourth-order valence-electron chi connectivity index (χ4n) is 4.03. The Hall–Kier alpha value is -4.61. The fraction of sp³-hybridized carbons (Fsp3) is 0.143. The van der Waals surface area contributed by atoms with Crippen molar-refractivity contribution in [3.63, 3.8) is 0 Å². The van der Waals surface area contributed by atoms with Gasteiger partial charge in [-0.15, -0.1) is 10.2 Å². The number of fused-ring (bicyclic) bond motifs is 1. The average molecular weight is 575 g/mol. The molecule has 0 saturated heterocycles. The lowest BCUT2D eigenvalue weighted by Gasteiger charge is -2.10. The number of thiocarbonyl (C=S) groups is 1. The van der Waals surface area contributed by atoms with Crippen molar-refractivity contribution in [2.45, 2.75) is 26.2 Å². The molecule has 0 radical (unpaired) electrons. The number of nitrogens with one attached hydrogen (secondary N) is 2. The van der Waals surface area contributed by atoms with Crippen molar-refractivity contribution in [2.24, 2.45) is 0 Å². The first-order chi connectivity index (χ1) is 19.3. The first-order valence-corrected chi connectivity index (χ1v) is 13.2. The summed E-state index contributed by atoms with van der Waals surface area (Å²) in [6, 6.07) is 20.4. The summed E-state index contributed by atoms with van der Waals surface area (Å²) in [5.41, 5.74) is 4.11. The standard InChI is InChI=1S/C28H23ClN6O4S/c1-2-3-5-17-8-10-19(11-9-17)34-32-23-15-21(29)22(16-24(23)33-34)30-28(40)31-27(36)26-13-12-25(39-26)18-6-4-7-20(14-18)35(37)38/h4,6-16H,2-3,5H2,1H3,(H2,30,31,36,40). The monoisotopic (exact) mass is 574 g/mol. The smallest absolute Gasteiger partial charge is 0.293 e. The van der Waals surface area contributed by atoms with E-state index in [0.717, 1.165) is 24.9 Å². The van der Waals surface area contributed by atoms with Crippen LogP contribution in [0.25, 0.3) is 28.0 Å². The summed E-state index contributed by atoms with van der Waals surface area (Å²) in [5, 5.41) is 25.9. The van der Waals surface area contributed by atoms with Crippen molar-refractivity contribution >= 4 is 57.2 Å². The number of carbonyl (C=O) groups excluding carboxylic acids is 1. The Kier molecular flexibility index (Phi) is 7.85. The van der Waals surface area contributed by atoms with Gasteiger partial charge in [0.2, 0.25) is 0 Å². The van der Waals surface area contributed by atoms with E-state index in [0.29, 0.717) is 33.1 Å². The van der Waals surface area contributed by atoms with Gasteiger partial charge >= 0.3 is 0 Å². The number of aromatic nitrogens is 3. The Balaban J connectivity index is 1.26. The number of furan rings is 1. The van der Waals surface area contributed by atoms with Gasteiger partial charge in [0.15, 0.2) is 10.9 Å². The molecule has 10 nitrogen and oxygen atoms in total. The number of benzene rings is 3. The average Bonchev–Trinajstić information content (AvgIpc) is 3.60. The molecule has 0 aliphatic carbocycles. The van der Waals surface area contributed by atoms with Crippen LogP contribution in [0.15, 0.2) is 77.2 Å². The Labute approximate surface area is 239 Å². The molecule has 2 heterocycles. The third-order valence-corrected chi connectivity index (χ3v) is 6.62. The van der Waals surface area contributed by atoms with Crippen molar-refractivity contribution in [3.8, 4) is 17.0 Å². The number of amides is 1. The number of nitro benzene ring substituents is 1. The second-order valence-electron chi connectivity index (χ2n) is 8.96. The minimum atomic E-state index is -0.597. The van der Waals surface area contributed by atoms with E-state index in [1.807, 2.05) is 12.1 Å². The summed E-state index contributed by atoms with van der Waals surface area (Å²) in [7, 11) is 0. The van der Waals surface area contributed by atoms with Crippen LogP contribution in [0.5, 0.6) is 0 Å². The lowest BCUT2D eigenvalue weighted by molar-refractivity contribution is -0.384. The third-order valence-electron chi connectivity index (χ3n) is 6.10. The molecular formula is C28H23ClN6O4S. The second-order valence-corrected chi connectivity index (χ2v) is 9.78. The predicted octanol–water partition coefficient (Wildman–Crippen LogP) is 6.71. The molecule has 202 valence electrons. The van der Waals surface area contributed by atoms with E-state index in [9.17, 15) is 14.9 Å². The van der Waals surface area contributed by atoms with Crippen LogP contribution in [0.2, 0.25) is 5.02 Å². The highest BCUT2D eigenvalue weighted by Gasteiger charge is 2.17. The number of nitro groups is 1. The molecule has 0 aliphatic heterocycles. The van der Waals surface area contributed by atoms with Crippen molar-refractivity contribution in [1.82, 2.24) is 20.3 Å². The van der Waals surface area contributed by atoms with Crippen LogP contribution in [-0.4, -0.2) is 30.9 Å². The zero-order valence-corrected chi connectivity index (χ0v) is 22.8. The Morgan fingerprint density at radius 3 is 2.55 bits per heavy atom. The van der Waals surface area contributed by atoms with Gasteiger partial charge in [-0.05, 0) is 67.0 Å². The van der Waals surface area contributed by atoms with Crippen LogP contribution in [0.1, 0.15) is 35.9 Å². The molecule has 2 N–H and O–H groups in total. The molecule has 0 unspecified atom stereocenters. The van der Waals surface area contributed by atoms with Gasteiger partial charge in [0, 0.05) is 17.7 Å². The van der Waals surface area contributed by atoms with E-state index in [2.05, 4.69) is 39.9 Å². The molecule has 40 heavy (non-hydrogen) atoms. The molecule has 0 spiro atoms. The minimum absolute atomic E-state index is 0.00499. The van der Waals surface area contributed by atoms with Crippen LogP contribution in [0.3, 0.4) is 0 Å². The van der Waals surface area contributed by atoms with Gasteiger partial charge in [0.1, 0.15) is 16.8 Å². The van der Waals surface area contributed by atoms with E-state index in [1.165, 1.54) is 29.8 Å². The van der Waals surface area contributed by atoms with Gasteiger partial charge in [-0.25, -0.2) is 0 Å². The SMILES string of the molecule is CCCCc1ccc(-n2nc3cc(Cl)c(NC(=S)NC(=O)c4ccc(-c5cccc([N+](=O)[O-])c5)o4)cc3n2)cc1. The summed E-state index contributed by atoms with van der Waals surface area (Å²) in [6.45, 7) is 2.17. The minimum Gasteiger partial charge on any atom is -0.451 e. The molecule has 12 heteroatoms. The maximum atomic E-state index is 12.7. The summed E-state index contributed by atoms with van der Waals surface area (Å²) < 4.78 is 5.60. The number of hydrogen-bond donors (Lipinski definition) is 2. The zero-order valence-electron chi connectivity index (χ0n) is 21.3. The lowest BCUT2D eigenvalue weighted by Crippen LogP contribution is -2.33. The molecule has 3 aromatic carbocycles. The van der Waals surface area contributed by atoms with Crippen molar-refractivity contribution in [3.05, 3.63) is 99.3 Å². The van der Waals surface area contributed by atoms with Crippen molar-refractivity contribution in [2.75, 3.05) is 5.32 Å². The number of carbonyl (C=O) groups is 1. The quantitative estimate of drug-likeness (QED) is 0.119. The van der Waals surface area contributed by atoms with Crippen LogP contribution in [0.4, 0.5) is 11.4 Å². The normalized spacial score (nSPS) is 10.9. The third kappa shape index (κ3) is 6.00. The summed E-state index contributed by atoms with van der Waals surface area (Å²) in [6.07, 6.45) is 3.32. The fourth-order valence-corrected chi connectivity index (χ4v) is 4.44. The number of hydrogen-bond acceptors (Lipinski definition) is 7. The topological polar surface area (TPSA) is 128 Å². The number of unbranched alkanes of at least 4 members (excludes halogenated alkanes) is 1. The number of rotatable bonds is 8. The molecular weight excluding hydrogens is 552 g/mol. The molecule has 1 amide bonds. The first kappa shape index (κ1) is 27.0. The van der Waals surface area contributed by atoms with Crippen molar-refractivity contribution in [1.29, 1.82) is 0 Å². The number of halogens is 1. The highest BCUT2D eigenvalue weighted by atomic mass is 35.5. The molecule has 5 rings (SSSR count). The summed E-state index contributed by atoms with van der Waals surface area (Å²) >= 11 is 11.8. The molecule has 0 bridgehead atoms. The summed E-state index contributed by atoms with van der Waals surface area (Å²) in [4.78, 5) is 24.8. The summed E-state index contributed by atoms with van der Waals surface area (Å²) in [5.74, 6) is -0.310. The van der Waals surface area contributed by atoms with Gasteiger partial charge in [-0.3, -0.25) is 20.2 Å². The van der Waals surface area contributed by atoms with Gasteiger partial charge in [0.25, 0.3) is 11.6 Å². The molecule has 0 aliphatic rings. The predicted molar refractivity (Wildman–Crippen MR) is 157 cm³/mol. The number of aryl methyl sites for hydroxylation is 1. The Morgan fingerprint density at radius 2 is 1.82 bits per heavy atom. The molecule has 2 aromatic heterocycles. The number of anilines is 1. The maximum absolute atomic E-state index is 12.7. The van der Waals surface area contributed by atoms with Gasteiger partial charge < -0.3 is 9.73 Å². The zero-order chi connectivity index (χ0) is 28.2.